The zero-order valence-corrected chi connectivity index (χ0v) is 13.3. The van der Waals surface area contributed by atoms with Crippen molar-refractivity contribution in [2.24, 2.45) is 5.41 Å². The zero-order valence-electron chi connectivity index (χ0n) is 13.3. The first-order valence-corrected chi connectivity index (χ1v) is 7.90. The third-order valence-electron chi connectivity index (χ3n) is 5.16. The average molecular weight is 265 g/mol. The molecule has 1 fully saturated rings. The molecule has 0 radical (unpaired) electrons. The Labute approximate surface area is 119 Å². The summed E-state index contributed by atoms with van der Waals surface area (Å²) in [6.45, 7) is 11.6. The lowest BCUT2D eigenvalue weighted by molar-refractivity contribution is 0.0497. The smallest absolute Gasteiger partial charge is 0.0621 e. The maximum Gasteiger partial charge on any atom is 0.0621 e. The Morgan fingerprint density at radius 2 is 1.89 bits per heavy atom. The van der Waals surface area contributed by atoms with Crippen LogP contribution >= 0.6 is 0 Å². The Balaban J connectivity index is 2.61. The minimum absolute atomic E-state index is 0.351. The van der Waals surface area contributed by atoms with Crippen molar-refractivity contribution in [2.45, 2.75) is 58.9 Å². The fourth-order valence-electron chi connectivity index (χ4n) is 3.30. The molecule has 1 atom stereocenters. The molecule has 0 N–H and O–H groups in total. The van der Waals surface area contributed by atoms with Gasteiger partial charge in [-0.2, -0.15) is 5.26 Å². The van der Waals surface area contributed by atoms with Crippen LogP contribution in [0.15, 0.2) is 0 Å². The summed E-state index contributed by atoms with van der Waals surface area (Å²) >= 11 is 0. The van der Waals surface area contributed by atoms with Crippen molar-refractivity contribution in [3.63, 3.8) is 0 Å². The average Bonchev–Trinajstić information content (AvgIpc) is 2.45. The van der Waals surface area contributed by atoms with E-state index in [0.717, 1.165) is 6.42 Å². The number of hydrogen-bond donors (Lipinski definition) is 0. The zero-order chi connectivity index (χ0) is 14.3. The summed E-state index contributed by atoms with van der Waals surface area (Å²) in [5.41, 5.74) is 0.351. The van der Waals surface area contributed by atoms with Crippen molar-refractivity contribution in [3.8, 4) is 6.07 Å². The fraction of sp³-hybridized carbons (Fsp3) is 0.938. The van der Waals surface area contributed by atoms with Crippen LogP contribution in [0.1, 0.15) is 52.9 Å². The van der Waals surface area contributed by atoms with Gasteiger partial charge in [-0.1, -0.05) is 20.8 Å². The van der Waals surface area contributed by atoms with E-state index >= 15 is 0 Å². The summed E-state index contributed by atoms with van der Waals surface area (Å²) in [5, 5.41) is 8.87. The van der Waals surface area contributed by atoms with Crippen LogP contribution in [0.25, 0.3) is 0 Å². The van der Waals surface area contributed by atoms with Gasteiger partial charge in [0, 0.05) is 38.6 Å². The van der Waals surface area contributed by atoms with Gasteiger partial charge >= 0.3 is 0 Å². The lowest BCUT2D eigenvalue weighted by Gasteiger charge is -2.44. The van der Waals surface area contributed by atoms with E-state index in [1.165, 1.54) is 45.4 Å². The van der Waals surface area contributed by atoms with Gasteiger partial charge in [-0.3, -0.25) is 4.90 Å². The van der Waals surface area contributed by atoms with Crippen molar-refractivity contribution < 1.29 is 0 Å². The summed E-state index contributed by atoms with van der Waals surface area (Å²) in [7, 11) is 2.24. The lowest BCUT2D eigenvalue weighted by atomic mass is 9.77. The van der Waals surface area contributed by atoms with Crippen molar-refractivity contribution in [1.29, 1.82) is 5.26 Å². The van der Waals surface area contributed by atoms with Gasteiger partial charge in [-0.25, -0.2) is 0 Å². The Kier molecular flexibility index (Phi) is 6.82. The first-order valence-electron chi connectivity index (χ1n) is 7.90. The molecule has 3 heteroatoms. The number of likely N-dealkylation sites (N-methyl/N-ethyl adjacent to an activating group) is 1. The van der Waals surface area contributed by atoms with Crippen molar-refractivity contribution >= 4 is 0 Å². The number of nitriles is 1. The highest BCUT2D eigenvalue weighted by atomic mass is 15.3. The molecule has 0 spiro atoms. The largest absolute Gasteiger partial charge is 0.301 e. The third-order valence-corrected chi connectivity index (χ3v) is 5.16. The van der Waals surface area contributed by atoms with E-state index in [0.29, 0.717) is 17.9 Å². The molecule has 110 valence electrons. The standard InChI is InChI=1S/C16H31N3/c1-5-15-13-19(12-11-18(15)4)14-16(6-2,7-3)9-8-10-17/h15H,5-9,11-14H2,1-4H3. The second kappa shape index (κ2) is 7.87. The number of nitrogens with zero attached hydrogens (tertiary/aromatic N) is 3. The molecule has 0 aliphatic carbocycles. The second-order valence-electron chi connectivity index (χ2n) is 6.14. The van der Waals surface area contributed by atoms with E-state index in [9.17, 15) is 0 Å². The number of rotatable bonds is 7. The predicted octanol–water partition coefficient (Wildman–Crippen LogP) is 3.12. The molecule has 1 rings (SSSR count). The Morgan fingerprint density at radius 1 is 1.21 bits per heavy atom. The molecule has 0 saturated carbocycles. The highest BCUT2D eigenvalue weighted by Crippen LogP contribution is 2.33. The van der Waals surface area contributed by atoms with Gasteiger partial charge in [0.15, 0.2) is 0 Å². The second-order valence-corrected chi connectivity index (χ2v) is 6.14. The first kappa shape index (κ1) is 16.5. The molecular weight excluding hydrogens is 234 g/mol. The van der Waals surface area contributed by atoms with E-state index in [4.69, 9.17) is 5.26 Å². The van der Waals surface area contributed by atoms with Gasteiger partial charge in [0.25, 0.3) is 0 Å². The molecule has 19 heavy (non-hydrogen) atoms. The topological polar surface area (TPSA) is 30.3 Å². The monoisotopic (exact) mass is 265 g/mol. The molecule has 0 aromatic heterocycles. The van der Waals surface area contributed by atoms with Crippen LogP contribution in [-0.2, 0) is 0 Å². The summed E-state index contributed by atoms with van der Waals surface area (Å²) in [5.74, 6) is 0. The molecule has 1 aliphatic rings. The van der Waals surface area contributed by atoms with E-state index in [1.807, 2.05) is 0 Å². The molecule has 0 aromatic rings. The molecule has 3 nitrogen and oxygen atoms in total. The predicted molar refractivity (Wildman–Crippen MR) is 81.0 cm³/mol. The van der Waals surface area contributed by atoms with Crippen LogP contribution < -0.4 is 0 Å². The third kappa shape index (κ3) is 4.47. The summed E-state index contributed by atoms with van der Waals surface area (Å²) in [6, 6.07) is 3.03. The normalized spacial score (nSPS) is 22.4. The fourth-order valence-corrected chi connectivity index (χ4v) is 3.30. The Bertz CT molecular complexity index is 291. The molecule has 1 aliphatic heterocycles. The minimum atomic E-state index is 0.351. The molecular formula is C16H31N3. The van der Waals surface area contributed by atoms with E-state index in [-0.39, 0.29) is 0 Å². The highest BCUT2D eigenvalue weighted by Gasteiger charge is 2.31. The summed E-state index contributed by atoms with van der Waals surface area (Å²) < 4.78 is 0. The van der Waals surface area contributed by atoms with Crippen LogP contribution in [0.3, 0.4) is 0 Å². The van der Waals surface area contributed by atoms with Crippen molar-refractivity contribution in [1.82, 2.24) is 9.80 Å². The molecule has 1 heterocycles. The summed E-state index contributed by atoms with van der Waals surface area (Å²) in [4.78, 5) is 5.13. The van der Waals surface area contributed by atoms with Gasteiger partial charge < -0.3 is 4.90 Å². The Hall–Kier alpha value is -0.590. The molecule has 0 aromatic carbocycles. The first-order chi connectivity index (χ1) is 9.10. The van der Waals surface area contributed by atoms with Crippen LogP contribution in [0.2, 0.25) is 0 Å². The molecule has 1 saturated heterocycles. The van der Waals surface area contributed by atoms with Gasteiger partial charge in [-0.15, -0.1) is 0 Å². The lowest BCUT2D eigenvalue weighted by Crippen LogP contribution is -2.53. The van der Waals surface area contributed by atoms with E-state index in [1.54, 1.807) is 0 Å². The van der Waals surface area contributed by atoms with Crippen LogP contribution in [0, 0.1) is 16.7 Å². The number of piperazine rings is 1. The quantitative estimate of drug-likeness (QED) is 0.708. The van der Waals surface area contributed by atoms with Gasteiger partial charge in [0.1, 0.15) is 0 Å². The van der Waals surface area contributed by atoms with Gasteiger partial charge in [-0.05, 0) is 38.1 Å². The van der Waals surface area contributed by atoms with Crippen LogP contribution in [0.4, 0.5) is 0 Å². The molecule has 1 unspecified atom stereocenters. The SMILES string of the molecule is CCC1CN(CC(CC)(CC)CCC#N)CCN1C. The minimum Gasteiger partial charge on any atom is -0.301 e. The van der Waals surface area contributed by atoms with Crippen LogP contribution in [-0.4, -0.2) is 49.1 Å². The van der Waals surface area contributed by atoms with Crippen molar-refractivity contribution in [3.05, 3.63) is 0 Å². The van der Waals surface area contributed by atoms with E-state index < -0.39 is 0 Å². The van der Waals surface area contributed by atoms with Crippen LogP contribution in [0.5, 0.6) is 0 Å². The van der Waals surface area contributed by atoms with Gasteiger partial charge in [0.05, 0.1) is 6.07 Å². The van der Waals surface area contributed by atoms with E-state index in [2.05, 4.69) is 43.7 Å². The maximum absolute atomic E-state index is 8.87. The maximum atomic E-state index is 8.87. The van der Waals surface area contributed by atoms with Crippen molar-refractivity contribution in [2.75, 3.05) is 33.2 Å². The molecule has 0 amide bonds. The highest BCUT2D eigenvalue weighted by molar-refractivity contribution is 4.88. The Morgan fingerprint density at radius 3 is 2.42 bits per heavy atom. The molecule has 0 bridgehead atoms. The van der Waals surface area contributed by atoms with Gasteiger partial charge in [0.2, 0.25) is 0 Å². The number of hydrogen-bond acceptors (Lipinski definition) is 3. The summed E-state index contributed by atoms with van der Waals surface area (Å²) in [6.07, 6.45) is 5.37.